The third-order valence-electron chi connectivity index (χ3n) is 4.19. The molecule has 132 valence electrons. The molecule has 0 bridgehead atoms. The highest BCUT2D eigenvalue weighted by molar-refractivity contribution is 6.31. The van der Waals surface area contributed by atoms with Crippen molar-refractivity contribution in [3.8, 4) is 11.3 Å². The molecule has 1 atom stereocenters. The number of hydrogen-bond donors (Lipinski definition) is 1. The van der Waals surface area contributed by atoms with E-state index in [9.17, 15) is 9.59 Å². The van der Waals surface area contributed by atoms with Gasteiger partial charge in [-0.2, -0.15) is 0 Å². The number of halogens is 1. The Kier molecular flexibility index (Phi) is 6.15. The molecule has 2 amide bonds. The van der Waals surface area contributed by atoms with E-state index in [0.29, 0.717) is 10.6 Å². The van der Waals surface area contributed by atoms with E-state index in [0.717, 1.165) is 17.0 Å². The topological polar surface area (TPSA) is 62.3 Å². The normalized spacial score (nSPS) is 11.7. The number of carbonyl (C=O) groups is 2. The second-order valence-electron chi connectivity index (χ2n) is 5.98. The molecule has 0 radical (unpaired) electrons. The first-order chi connectivity index (χ1) is 11.8. The Morgan fingerprint density at radius 3 is 2.40 bits per heavy atom. The number of aromatic nitrogens is 1. The summed E-state index contributed by atoms with van der Waals surface area (Å²) in [6, 6.07) is 10.7. The van der Waals surface area contributed by atoms with Crippen molar-refractivity contribution in [1.29, 1.82) is 0 Å². The van der Waals surface area contributed by atoms with Gasteiger partial charge in [-0.1, -0.05) is 23.7 Å². The smallest absolute Gasteiger partial charge is 0.253 e. The average molecular weight is 360 g/mol. The zero-order valence-electron chi connectivity index (χ0n) is 14.8. The Balaban J connectivity index is 2.14. The fourth-order valence-electron chi connectivity index (χ4n) is 2.40. The summed E-state index contributed by atoms with van der Waals surface area (Å²) in [7, 11) is 3.29. The standard InChI is InChI=1S/C19H22ClN3O2/c1-12(11-18(24)21-3)23(4)19(25)15-7-5-14(6-8-15)17-10-9-16(20)13(2)22-17/h5-10,12H,11H2,1-4H3,(H,21,24)/t12-/m0/s1. The Morgan fingerprint density at radius 2 is 1.84 bits per heavy atom. The predicted molar refractivity (Wildman–Crippen MR) is 99.7 cm³/mol. The van der Waals surface area contributed by atoms with Crippen LogP contribution in [0.25, 0.3) is 11.3 Å². The molecule has 25 heavy (non-hydrogen) atoms. The summed E-state index contributed by atoms with van der Waals surface area (Å²) >= 11 is 6.00. The lowest BCUT2D eigenvalue weighted by molar-refractivity contribution is -0.121. The third-order valence-corrected chi connectivity index (χ3v) is 4.59. The maximum absolute atomic E-state index is 12.6. The molecule has 0 spiro atoms. The molecule has 0 unspecified atom stereocenters. The van der Waals surface area contributed by atoms with Crippen LogP contribution in [0.4, 0.5) is 0 Å². The van der Waals surface area contributed by atoms with Crippen LogP contribution in [0.2, 0.25) is 5.02 Å². The van der Waals surface area contributed by atoms with Gasteiger partial charge in [0.2, 0.25) is 5.91 Å². The van der Waals surface area contributed by atoms with E-state index in [1.165, 1.54) is 0 Å². The van der Waals surface area contributed by atoms with E-state index in [-0.39, 0.29) is 24.3 Å². The molecule has 6 heteroatoms. The molecule has 0 aliphatic carbocycles. The van der Waals surface area contributed by atoms with E-state index < -0.39 is 0 Å². The van der Waals surface area contributed by atoms with Crippen LogP contribution < -0.4 is 5.32 Å². The minimum absolute atomic E-state index is 0.0910. The molecule has 1 aromatic heterocycles. The first kappa shape index (κ1) is 18.9. The highest BCUT2D eigenvalue weighted by Crippen LogP contribution is 2.22. The van der Waals surface area contributed by atoms with Crippen LogP contribution in [0, 0.1) is 6.92 Å². The average Bonchev–Trinajstić information content (AvgIpc) is 2.62. The molecule has 2 aromatic rings. The van der Waals surface area contributed by atoms with Crippen molar-refractivity contribution in [3.05, 3.63) is 52.7 Å². The fourth-order valence-corrected chi connectivity index (χ4v) is 2.50. The van der Waals surface area contributed by atoms with Crippen LogP contribution >= 0.6 is 11.6 Å². The summed E-state index contributed by atoms with van der Waals surface area (Å²) in [6.07, 6.45) is 0.269. The van der Waals surface area contributed by atoms with Crippen LogP contribution in [0.3, 0.4) is 0 Å². The lowest BCUT2D eigenvalue weighted by atomic mass is 10.1. The number of benzene rings is 1. The molecule has 0 aliphatic rings. The Hall–Kier alpha value is -2.40. The van der Waals surface area contributed by atoms with Crippen molar-refractivity contribution in [2.45, 2.75) is 26.3 Å². The quantitative estimate of drug-likeness (QED) is 0.890. The van der Waals surface area contributed by atoms with Crippen LogP contribution in [0.1, 0.15) is 29.4 Å². The first-order valence-corrected chi connectivity index (χ1v) is 8.42. The summed E-state index contributed by atoms with van der Waals surface area (Å²) in [5.41, 5.74) is 3.06. The van der Waals surface area contributed by atoms with Crippen LogP contribution in [-0.2, 0) is 4.79 Å². The number of aryl methyl sites for hydroxylation is 1. The number of rotatable bonds is 5. The van der Waals surface area contributed by atoms with Crippen molar-refractivity contribution < 1.29 is 9.59 Å². The molecular formula is C19H22ClN3O2. The van der Waals surface area contributed by atoms with Crippen molar-refractivity contribution in [2.75, 3.05) is 14.1 Å². The molecule has 2 rings (SSSR count). The second-order valence-corrected chi connectivity index (χ2v) is 6.39. The number of nitrogens with zero attached hydrogens (tertiary/aromatic N) is 2. The largest absolute Gasteiger partial charge is 0.359 e. The summed E-state index contributed by atoms with van der Waals surface area (Å²) in [5, 5.41) is 3.20. The van der Waals surface area contributed by atoms with E-state index in [1.54, 1.807) is 31.1 Å². The van der Waals surface area contributed by atoms with Gasteiger partial charge in [0.1, 0.15) is 0 Å². The minimum atomic E-state index is -0.187. The molecule has 0 aliphatic heterocycles. The van der Waals surface area contributed by atoms with Gasteiger partial charge in [0.05, 0.1) is 16.4 Å². The van der Waals surface area contributed by atoms with Gasteiger partial charge < -0.3 is 10.2 Å². The van der Waals surface area contributed by atoms with E-state index >= 15 is 0 Å². The lowest BCUT2D eigenvalue weighted by Gasteiger charge is -2.24. The Labute approximate surface area is 153 Å². The molecule has 0 fully saturated rings. The van der Waals surface area contributed by atoms with E-state index in [2.05, 4.69) is 10.3 Å². The van der Waals surface area contributed by atoms with Gasteiger partial charge >= 0.3 is 0 Å². The Morgan fingerprint density at radius 1 is 1.20 bits per heavy atom. The summed E-state index contributed by atoms with van der Waals surface area (Å²) in [4.78, 5) is 30.1. The van der Waals surface area contributed by atoms with Gasteiger partial charge in [-0.15, -0.1) is 0 Å². The Bertz CT molecular complexity index is 775. The van der Waals surface area contributed by atoms with Gasteiger partial charge in [0.15, 0.2) is 0 Å². The number of pyridine rings is 1. The zero-order chi connectivity index (χ0) is 18.6. The summed E-state index contributed by atoms with van der Waals surface area (Å²) in [5.74, 6) is -0.213. The molecule has 1 aromatic carbocycles. The van der Waals surface area contributed by atoms with Gasteiger partial charge in [-0.3, -0.25) is 14.6 Å². The third kappa shape index (κ3) is 4.57. The van der Waals surface area contributed by atoms with Crippen molar-refractivity contribution >= 4 is 23.4 Å². The SMILES string of the molecule is CNC(=O)C[C@H](C)N(C)C(=O)c1ccc(-c2ccc(Cl)c(C)n2)cc1. The first-order valence-electron chi connectivity index (χ1n) is 8.04. The van der Waals surface area contributed by atoms with E-state index in [4.69, 9.17) is 11.6 Å². The fraction of sp³-hybridized carbons (Fsp3) is 0.316. The molecule has 0 saturated carbocycles. The molecule has 5 nitrogen and oxygen atoms in total. The maximum Gasteiger partial charge on any atom is 0.253 e. The molecule has 0 saturated heterocycles. The summed E-state index contributed by atoms with van der Waals surface area (Å²) in [6.45, 7) is 3.70. The van der Waals surface area contributed by atoms with Gasteiger partial charge in [0, 0.05) is 37.7 Å². The van der Waals surface area contributed by atoms with Crippen molar-refractivity contribution in [2.24, 2.45) is 0 Å². The number of amides is 2. The van der Waals surface area contributed by atoms with Crippen LogP contribution in [0.5, 0.6) is 0 Å². The number of carbonyl (C=O) groups excluding carboxylic acids is 2. The monoisotopic (exact) mass is 359 g/mol. The highest BCUT2D eigenvalue weighted by Gasteiger charge is 2.19. The van der Waals surface area contributed by atoms with Crippen LogP contribution in [-0.4, -0.2) is 41.8 Å². The van der Waals surface area contributed by atoms with Crippen LogP contribution in [0.15, 0.2) is 36.4 Å². The summed E-state index contributed by atoms with van der Waals surface area (Å²) < 4.78 is 0. The highest BCUT2D eigenvalue weighted by atomic mass is 35.5. The zero-order valence-corrected chi connectivity index (χ0v) is 15.6. The second kappa shape index (κ2) is 8.12. The van der Waals surface area contributed by atoms with Gasteiger partial charge in [0.25, 0.3) is 5.91 Å². The maximum atomic E-state index is 12.6. The lowest BCUT2D eigenvalue weighted by Crippen LogP contribution is -2.38. The molecular weight excluding hydrogens is 338 g/mol. The van der Waals surface area contributed by atoms with E-state index in [1.807, 2.05) is 38.1 Å². The van der Waals surface area contributed by atoms with Crippen molar-refractivity contribution in [1.82, 2.24) is 15.2 Å². The van der Waals surface area contributed by atoms with Crippen molar-refractivity contribution in [3.63, 3.8) is 0 Å². The minimum Gasteiger partial charge on any atom is -0.359 e. The molecule has 1 heterocycles. The van der Waals surface area contributed by atoms with Gasteiger partial charge in [-0.25, -0.2) is 0 Å². The van der Waals surface area contributed by atoms with Gasteiger partial charge in [-0.05, 0) is 38.1 Å². The number of hydrogen-bond acceptors (Lipinski definition) is 3. The number of nitrogens with one attached hydrogen (secondary N) is 1. The predicted octanol–water partition coefficient (Wildman–Crippen LogP) is 3.31. The molecule has 1 N–H and O–H groups in total.